The molecule has 2 aliphatic rings. The minimum Gasteiger partial charge on any atom is -0.297 e. The van der Waals surface area contributed by atoms with Gasteiger partial charge in [-0.15, -0.1) is 0 Å². The fourth-order valence-electron chi connectivity index (χ4n) is 4.14. The SMILES string of the molecule is N#CC(C#N)C(NC1CCCCC1)N1CCN(Cc2ccc(F)cc2)CC1. The highest BCUT2D eigenvalue weighted by Crippen LogP contribution is 2.21. The van der Waals surface area contributed by atoms with Gasteiger partial charge in [-0.25, -0.2) is 4.39 Å². The fraction of sp³-hybridized carbons (Fsp3) is 0.619. The number of rotatable bonds is 6. The van der Waals surface area contributed by atoms with Crippen molar-refractivity contribution in [3.63, 3.8) is 0 Å². The normalized spacial score (nSPS) is 20.9. The first-order valence-electron chi connectivity index (χ1n) is 9.95. The molecule has 1 unspecified atom stereocenters. The van der Waals surface area contributed by atoms with Crippen LogP contribution in [0.1, 0.15) is 37.7 Å². The summed E-state index contributed by atoms with van der Waals surface area (Å²) >= 11 is 0. The molecule has 3 rings (SSSR count). The van der Waals surface area contributed by atoms with E-state index >= 15 is 0 Å². The molecule has 1 N–H and O–H groups in total. The topological polar surface area (TPSA) is 66.1 Å². The zero-order valence-corrected chi connectivity index (χ0v) is 15.8. The van der Waals surface area contributed by atoms with E-state index in [-0.39, 0.29) is 12.0 Å². The molecule has 1 aliphatic carbocycles. The second-order valence-electron chi connectivity index (χ2n) is 7.62. The molecule has 0 bridgehead atoms. The maximum atomic E-state index is 13.1. The molecule has 2 fully saturated rings. The zero-order valence-electron chi connectivity index (χ0n) is 15.8. The lowest BCUT2D eigenvalue weighted by Gasteiger charge is -2.41. The Kier molecular flexibility index (Phi) is 7.18. The van der Waals surface area contributed by atoms with Crippen molar-refractivity contribution in [3.8, 4) is 12.1 Å². The minimum absolute atomic E-state index is 0.198. The molecule has 27 heavy (non-hydrogen) atoms. The number of nitriles is 2. The molecule has 1 heterocycles. The zero-order chi connectivity index (χ0) is 19.1. The third kappa shape index (κ3) is 5.49. The summed E-state index contributed by atoms with van der Waals surface area (Å²) in [6.45, 7) is 4.21. The van der Waals surface area contributed by atoms with Crippen molar-refractivity contribution in [2.24, 2.45) is 5.92 Å². The van der Waals surface area contributed by atoms with Crippen molar-refractivity contribution in [2.75, 3.05) is 26.2 Å². The Bertz CT molecular complexity index is 649. The predicted molar refractivity (Wildman–Crippen MR) is 102 cm³/mol. The van der Waals surface area contributed by atoms with Crippen LogP contribution in [0.3, 0.4) is 0 Å². The summed E-state index contributed by atoms with van der Waals surface area (Å²) in [6, 6.07) is 11.4. The largest absolute Gasteiger partial charge is 0.297 e. The highest BCUT2D eigenvalue weighted by Gasteiger charge is 2.32. The van der Waals surface area contributed by atoms with Gasteiger partial charge in [0.15, 0.2) is 5.92 Å². The summed E-state index contributed by atoms with van der Waals surface area (Å²) < 4.78 is 13.1. The van der Waals surface area contributed by atoms with E-state index in [0.717, 1.165) is 51.1 Å². The van der Waals surface area contributed by atoms with Crippen molar-refractivity contribution < 1.29 is 4.39 Å². The summed E-state index contributed by atoms with van der Waals surface area (Å²) in [5.74, 6) is -0.866. The summed E-state index contributed by atoms with van der Waals surface area (Å²) in [7, 11) is 0. The molecule has 1 aromatic rings. The second kappa shape index (κ2) is 9.80. The van der Waals surface area contributed by atoms with Gasteiger partial charge in [-0.1, -0.05) is 31.4 Å². The van der Waals surface area contributed by atoms with Crippen LogP contribution in [0.2, 0.25) is 0 Å². The Morgan fingerprint density at radius 2 is 1.63 bits per heavy atom. The smallest absolute Gasteiger partial charge is 0.161 e. The lowest BCUT2D eigenvalue weighted by Crippen LogP contribution is -2.59. The number of halogens is 1. The first kappa shape index (κ1) is 19.8. The van der Waals surface area contributed by atoms with Crippen LogP contribution in [0.25, 0.3) is 0 Å². The molecular formula is C21H28FN5. The van der Waals surface area contributed by atoms with Gasteiger partial charge in [-0.2, -0.15) is 10.5 Å². The predicted octanol–water partition coefficient (Wildman–Crippen LogP) is 2.86. The van der Waals surface area contributed by atoms with Crippen LogP contribution in [-0.2, 0) is 6.54 Å². The molecule has 0 aromatic heterocycles. The highest BCUT2D eigenvalue weighted by atomic mass is 19.1. The maximum absolute atomic E-state index is 13.1. The van der Waals surface area contributed by atoms with E-state index in [9.17, 15) is 14.9 Å². The van der Waals surface area contributed by atoms with E-state index in [2.05, 4.69) is 27.3 Å². The molecule has 0 spiro atoms. The van der Waals surface area contributed by atoms with Crippen LogP contribution in [0, 0.1) is 34.4 Å². The molecule has 1 aromatic carbocycles. The minimum atomic E-state index is -0.657. The average molecular weight is 369 g/mol. The fourth-order valence-corrected chi connectivity index (χ4v) is 4.14. The first-order chi connectivity index (χ1) is 13.2. The van der Waals surface area contributed by atoms with Gasteiger partial charge in [0.2, 0.25) is 0 Å². The van der Waals surface area contributed by atoms with Crippen LogP contribution < -0.4 is 5.32 Å². The summed E-state index contributed by atoms with van der Waals surface area (Å²) in [5, 5.41) is 22.5. The number of nitrogens with one attached hydrogen (secondary N) is 1. The van der Waals surface area contributed by atoms with Gasteiger partial charge in [0.05, 0.1) is 18.3 Å². The first-order valence-corrected chi connectivity index (χ1v) is 9.95. The molecule has 1 atom stereocenters. The van der Waals surface area contributed by atoms with Crippen LogP contribution >= 0.6 is 0 Å². The Morgan fingerprint density at radius 3 is 2.22 bits per heavy atom. The number of nitrogens with zero attached hydrogens (tertiary/aromatic N) is 4. The van der Waals surface area contributed by atoms with Gasteiger partial charge < -0.3 is 0 Å². The van der Waals surface area contributed by atoms with E-state index in [4.69, 9.17) is 0 Å². The Hall–Kier alpha value is -1.99. The van der Waals surface area contributed by atoms with Crippen LogP contribution in [0.15, 0.2) is 24.3 Å². The van der Waals surface area contributed by atoms with Crippen molar-refractivity contribution >= 4 is 0 Å². The van der Waals surface area contributed by atoms with Gasteiger partial charge in [0.1, 0.15) is 5.82 Å². The third-order valence-corrected chi connectivity index (χ3v) is 5.73. The Morgan fingerprint density at radius 1 is 1.00 bits per heavy atom. The number of hydrogen-bond donors (Lipinski definition) is 1. The van der Waals surface area contributed by atoms with E-state index in [1.165, 1.54) is 31.4 Å². The Balaban J connectivity index is 1.57. The summed E-state index contributed by atoms with van der Waals surface area (Å²) in [6.07, 6.45) is 5.79. The molecule has 5 nitrogen and oxygen atoms in total. The third-order valence-electron chi connectivity index (χ3n) is 5.73. The lowest BCUT2D eigenvalue weighted by atomic mass is 9.94. The van der Waals surface area contributed by atoms with Crippen molar-refractivity contribution in [3.05, 3.63) is 35.6 Å². The van der Waals surface area contributed by atoms with Crippen molar-refractivity contribution in [1.29, 1.82) is 10.5 Å². The average Bonchev–Trinajstić information content (AvgIpc) is 2.71. The standard InChI is InChI=1S/C21H28FN5/c22-19-8-6-17(7-9-19)16-26-10-12-27(13-11-26)21(18(14-23)15-24)25-20-4-2-1-3-5-20/h6-9,18,20-21,25H,1-5,10-13,16H2. The molecule has 1 saturated carbocycles. The quantitative estimate of drug-likeness (QED) is 0.835. The molecule has 0 amide bonds. The molecule has 144 valence electrons. The molecule has 1 saturated heterocycles. The number of benzene rings is 1. The highest BCUT2D eigenvalue weighted by molar-refractivity contribution is 5.16. The molecule has 0 radical (unpaired) electrons. The van der Waals surface area contributed by atoms with E-state index < -0.39 is 5.92 Å². The van der Waals surface area contributed by atoms with Gasteiger partial charge in [-0.3, -0.25) is 15.1 Å². The Labute approximate surface area is 161 Å². The monoisotopic (exact) mass is 369 g/mol. The summed E-state index contributed by atoms with van der Waals surface area (Å²) in [5.41, 5.74) is 1.11. The van der Waals surface area contributed by atoms with Crippen LogP contribution in [0.4, 0.5) is 4.39 Å². The number of hydrogen-bond acceptors (Lipinski definition) is 5. The van der Waals surface area contributed by atoms with E-state index in [1.807, 2.05) is 12.1 Å². The van der Waals surface area contributed by atoms with Gasteiger partial charge in [0, 0.05) is 38.8 Å². The molecule has 6 heteroatoms. The van der Waals surface area contributed by atoms with Crippen LogP contribution in [-0.4, -0.2) is 48.2 Å². The van der Waals surface area contributed by atoms with E-state index in [1.54, 1.807) is 0 Å². The van der Waals surface area contributed by atoms with Crippen molar-refractivity contribution in [1.82, 2.24) is 15.1 Å². The van der Waals surface area contributed by atoms with Crippen molar-refractivity contribution in [2.45, 2.75) is 50.9 Å². The lowest BCUT2D eigenvalue weighted by molar-refractivity contribution is 0.0596. The van der Waals surface area contributed by atoms with Crippen LogP contribution in [0.5, 0.6) is 0 Å². The van der Waals surface area contributed by atoms with Gasteiger partial charge in [0.25, 0.3) is 0 Å². The van der Waals surface area contributed by atoms with Gasteiger partial charge in [-0.05, 0) is 30.5 Å². The summed E-state index contributed by atoms with van der Waals surface area (Å²) in [4.78, 5) is 4.60. The second-order valence-corrected chi connectivity index (χ2v) is 7.62. The molecular weight excluding hydrogens is 341 g/mol. The molecule has 1 aliphatic heterocycles. The van der Waals surface area contributed by atoms with E-state index in [0.29, 0.717) is 6.04 Å². The number of piperazine rings is 1. The maximum Gasteiger partial charge on any atom is 0.161 e. The van der Waals surface area contributed by atoms with Gasteiger partial charge >= 0.3 is 0 Å².